The van der Waals surface area contributed by atoms with E-state index >= 15 is 0 Å². The van der Waals surface area contributed by atoms with Gasteiger partial charge in [0.25, 0.3) is 5.91 Å². The second-order valence-corrected chi connectivity index (χ2v) is 4.91. The van der Waals surface area contributed by atoms with Crippen molar-refractivity contribution in [2.24, 2.45) is 0 Å². The molecule has 0 fully saturated rings. The molecule has 1 atom stereocenters. The number of hydrogen-bond donors (Lipinski definition) is 2. The van der Waals surface area contributed by atoms with E-state index in [-0.39, 0.29) is 12.5 Å². The summed E-state index contributed by atoms with van der Waals surface area (Å²) in [5.74, 6) is 0.586. The summed E-state index contributed by atoms with van der Waals surface area (Å²) in [6, 6.07) is 10.7. The smallest absolute Gasteiger partial charge is 0.269 e. The van der Waals surface area contributed by atoms with Gasteiger partial charge in [0.05, 0.1) is 12.7 Å². The van der Waals surface area contributed by atoms with E-state index in [1.807, 2.05) is 18.2 Å². The highest BCUT2D eigenvalue weighted by Gasteiger charge is 2.16. The molecule has 1 aliphatic heterocycles. The molecule has 0 saturated carbocycles. The minimum absolute atomic E-state index is 0.148. The van der Waals surface area contributed by atoms with Gasteiger partial charge in [-0.3, -0.25) is 9.78 Å². The van der Waals surface area contributed by atoms with Gasteiger partial charge in [-0.1, -0.05) is 12.1 Å². The van der Waals surface area contributed by atoms with Gasteiger partial charge in [-0.15, -0.1) is 0 Å². The molecule has 0 unspecified atom stereocenters. The van der Waals surface area contributed by atoms with Crippen LogP contribution in [0.2, 0.25) is 0 Å². The van der Waals surface area contributed by atoms with E-state index in [0.717, 1.165) is 23.3 Å². The lowest BCUT2D eigenvalue weighted by Crippen LogP contribution is -2.29. The monoisotopic (exact) mass is 284 g/mol. The Morgan fingerprint density at radius 3 is 3.10 bits per heavy atom. The Morgan fingerprint density at radius 2 is 2.29 bits per heavy atom. The molecule has 5 heteroatoms. The zero-order valence-corrected chi connectivity index (χ0v) is 11.5. The minimum atomic E-state index is -0.747. The summed E-state index contributed by atoms with van der Waals surface area (Å²) in [6.07, 6.45) is 1.67. The average Bonchev–Trinajstić information content (AvgIpc) is 3.00. The quantitative estimate of drug-likeness (QED) is 0.892. The Morgan fingerprint density at radius 1 is 1.38 bits per heavy atom. The van der Waals surface area contributed by atoms with Gasteiger partial charge in [-0.05, 0) is 35.4 Å². The predicted octanol–water partition coefficient (Wildman–Crippen LogP) is 1.48. The fourth-order valence-electron chi connectivity index (χ4n) is 2.31. The normalized spacial score (nSPS) is 14.1. The number of amides is 1. The van der Waals surface area contributed by atoms with Gasteiger partial charge >= 0.3 is 0 Å². The Bertz CT molecular complexity index is 643. The number of nitrogens with one attached hydrogen (secondary N) is 1. The van der Waals surface area contributed by atoms with Crippen molar-refractivity contribution in [3.05, 3.63) is 59.4 Å². The van der Waals surface area contributed by atoms with Gasteiger partial charge in [0.1, 0.15) is 11.4 Å². The molecule has 1 aromatic carbocycles. The van der Waals surface area contributed by atoms with Crippen molar-refractivity contribution in [1.29, 1.82) is 0 Å². The number of ether oxygens (including phenoxy) is 1. The first-order chi connectivity index (χ1) is 10.2. The van der Waals surface area contributed by atoms with Crippen LogP contribution in [0.15, 0.2) is 42.6 Å². The number of carbonyl (C=O) groups is 1. The fraction of sp³-hybridized carbons (Fsp3) is 0.250. The molecule has 1 aromatic heterocycles. The number of aliphatic hydroxyl groups is 1. The van der Waals surface area contributed by atoms with Crippen molar-refractivity contribution in [2.45, 2.75) is 12.5 Å². The first kappa shape index (κ1) is 13.6. The maximum atomic E-state index is 11.9. The number of nitrogens with zero attached hydrogens (tertiary/aromatic N) is 1. The first-order valence-electron chi connectivity index (χ1n) is 6.87. The second-order valence-electron chi connectivity index (χ2n) is 4.91. The van der Waals surface area contributed by atoms with E-state index in [9.17, 15) is 9.90 Å². The molecule has 0 saturated heterocycles. The molecule has 3 rings (SSSR count). The van der Waals surface area contributed by atoms with Gasteiger partial charge in [0.2, 0.25) is 0 Å². The summed E-state index contributed by atoms with van der Waals surface area (Å²) in [5, 5.41) is 12.9. The van der Waals surface area contributed by atoms with Crippen LogP contribution in [0.5, 0.6) is 5.75 Å². The van der Waals surface area contributed by atoms with Gasteiger partial charge < -0.3 is 15.2 Å². The van der Waals surface area contributed by atoms with Crippen LogP contribution in [0.25, 0.3) is 0 Å². The summed E-state index contributed by atoms with van der Waals surface area (Å²) in [6.45, 7) is 0.834. The van der Waals surface area contributed by atoms with E-state index in [2.05, 4.69) is 10.3 Å². The van der Waals surface area contributed by atoms with E-state index in [1.54, 1.807) is 24.4 Å². The van der Waals surface area contributed by atoms with Crippen LogP contribution < -0.4 is 10.1 Å². The standard InChI is InChI=1S/C16H16N2O3/c19-14(10-18-16(20)13-3-1-2-7-17-13)11-4-5-15-12(9-11)6-8-21-15/h1-5,7,9,14,19H,6,8,10H2,(H,18,20)/t14-/m0/s1. The highest BCUT2D eigenvalue weighted by atomic mass is 16.5. The van der Waals surface area contributed by atoms with Gasteiger partial charge in [0, 0.05) is 19.2 Å². The van der Waals surface area contributed by atoms with Crippen molar-refractivity contribution in [1.82, 2.24) is 10.3 Å². The molecule has 21 heavy (non-hydrogen) atoms. The zero-order chi connectivity index (χ0) is 14.7. The van der Waals surface area contributed by atoms with Crippen LogP contribution in [0.1, 0.15) is 27.7 Å². The molecule has 108 valence electrons. The average molecular weight is 284 g/mol. The van der Waals surface area contributed by atoms with Crippen molar-refractivity contribution < 1.29 is 14.6 Å². The summed E-state index contributed by atoms with van der Waals surface area (Å²) >= 11 is 0. The minimum Gasteiger partial charge on any atom is -0.493 e. The van der Waals surface area contributed by atoms with Gasteiger partial charge in [-0.2, -0.15) is 0 Å². The van der Waals surface area contributed by atoms with Crippen LogP contribution in [0.4, 0.5) is 0 Å². The number of carbonyl (C=O) groups excluding carboxylic acids is 1. The molecule has 2 N–H and O–H groups in total. The lowest BCUT2D eigenvalue weighted by Gasteiger charge is -2.13. The molecule has 0 bridgehead atoms. The van der Waals surface area contributed by atoms with Crippen molar-refractivity contribution in [2.75, 3.05) is 13.2 Å². The lowest BCUT2D eigenvalue weighted by atomic mass is 10.0. The summed E-state index contributed by atoms with van der Waals surface area (Å²) in [4.78, 5) is 15.8. The number of fused-ring (bicyclic) bond motifs is 1. The van der Waals surface area contributed by atoms with Gasteiger partial charge in [0.15, 0.2) is 0 Å². The SMILES string of the molecule is O=C(NC[C@H](O)c1ccc2c(c1)CCO2)c1ccccn1. The van der Waals surface area contributed by atoms with Crippen LogP contribution in [0.3, 0.4) is 0 Å². The Labute approximate surface area is 122 Å². The lowest BCUT2D eigenvalue weighted by molar-refractivity contribution is 0.0911. The molecule has 2 aromatic rings. The van der Waals surface area contributed by atoms with Gasteiger partial charge in [-0.25, -0.2) is 0 Å². The maximum absolute atomic E-state index is 11.9. The molecule has 2 heterocycles. The predicted molar refractivity (Wildman–Crippen MR) is 77.2 cm³/mol. The number of benzene rings is 1. The van der Waals surface area contributed by atoms with Crippen molar-refractivity contribution >= 4 is 5.91 Å². The Kier molecular flexibility index (Phi) is 3.83. The van der Waals surface area contributed by atoms with E-state index < -0.39 is 6.10 Å². The van der Waals surface area contributed by atoms with E-state index in [1.165, 1.54) is 0 Å². The van der Waals surface area contributed by atoms with Crippen LogP contribution in [-0.2, 0) is 6.42 Å². The molecular weight excluding hydrogens is 268 g/mol. The number of pyridine rings is 1. The first-order valence-corrected chi connectivity index (χ1v) is 6.87. The van der Waals surface area contributed by atoms with E-state index in [0.29, 0.717) is 12.3 Å². The third-order valence-corrected chi connectivity index (χ3v) is 3.45. The molecule has 5 nitrogen and oxygen atoms in total. The number of aromatic nitrogens is 1. The summed E-state index contributed by atoms with van der Waals surface area (Å²) in [7, 11) is 0. The molecule has 1 amide bonds. The number of aliphatic hydroxyl groups excluding tert-OH is 1. The molecule has 0 spiro atoms. The molecule has 0 radical (unpaired) electrons. The highest BCUT2D eigenvalue weighted by molar-refractivity contribution is 5.92. The third kappa shape index (κ3) is 3.03. The topological polar surface area (TPSA) is 71.5 Å². The van der Waals surface area contributed by atoms with Crippen molar-refractivity contribution in [3.8, 4) is 5.75 Å². The molecular formula is C16H16N2O3. The summed E-state index contributed by atoms with van der Waals surface area (Å²) in [5.41, 5.74) is 2.22. The van der Waals surface area contributed by atoms with Crippen LogP contribution in [0, 0.1) is 0 Å². The number of hydrogen-bond acceptors (Lipinski definition) is 4. The largest absolute Gasteiger partial charge is 0.493 e. The fourth-order valence-corrected chi connectivity index (χ4v) is 2.31. The van der Waals surface area contributed by atoms with Crippen molar-refractivity contribution in [3.63, 3.8) is 0 Å². The summed E-state index contributed by atoms with van der Waals surface area (Å²) < 4.78 is 5.43. The molecule has 1 aliphatic rings. The maximum Gasteiger partial charge on any atom is 0.269 e. The highest BCUT2D eigenvalue weighted by Crippen LogP contribution is 2.27. The van der Waals surface area contributed by atoms with Crippen LogP contribution >= 0.6 is 0 Å². The Hall–Kier alpha value is -2.40. The van der Waals surface area contributed by atoms with Crippen LogP contribution in [-0.4, -0.2) is 29.1 Å². The second kappa shape index (κ2) is 5.93. The number of rotatable bonds is 4. The Balaban J connectivity index is 1.62. The zero-order valence-electron chi connectivity index (χ0n) is 11.5. The third-order valence-electron chi connectivity index (χ3n) is 3.45. The molecule has 0 aliphatic carbocycles. The van der Waals surface area contributed by atoms with E-state index in [4.69, 9.17) is 4.74 Å².